The number of halogens is 2. The molecule has 0 aliphatic heterocycles. The van der Waals surface area contributed by atoms with E-state index in [1.807, 2.05) is 13.1 Å². The van der Waals surface area contributed by atoms with Crippen molar-refractivity contribution in [3.63, 3.8) is 0 Å². The van der Waals surface area contributed by atoms with E-state index in [4.69, 9.17) is 0 Å². The van der Waals surface area contributed by atoms with Crippen LogP contribution in [0.4, 0.5) is 4.39 Å². The minimum absolute atomic E-state index is 0.169. The Labute approximate surface area is 111 Å². The number of hydrogen-bond donors (Lipinski definition) is 1. The summed E-state index contributed by atoms with van der Waals surface area (Å²) in [6.07, 6.45) is 6.17. The van der Waals surface area contributed by atoms with E-state index < -0.39 is 0 Å². The fourth-order valence-electron chi connectivity index (χ4n) is 2.74. The maximum absolute atomic E-state index is 13.0. The highest BCUT2D eigenvalue weighted by Gasteiger charge is 2.21. The Balaban J connectivity index is 2.00. The van der Waals surface area contributed by atoms with E-state index in [2.05, 4.69) is 21.2 Å². The van der Waals surface area contributed by atoms with Gasteiger partial charge < -0.3 is 5.32 Å². The van der Waals surface area contributed by atoms with E-state index in [1.54, 1.807) is 12.1 Å². The van der Waals surface area contributed by atoms with E-state index in [0.29, 0.717) is 6.04 Å². The van der Waals surface area contributed by atoms with Crippen LogP contribution in [0.15, 0.2) is 22.7 Å². The average molecular weight is 300 g/mol. The summed E-state index contributed by atoms with van der Waals surface area (Å²) < 4.78 is 13.9. The van der Waals surface area contributed by atoms with Crippen molar-refractivity contribution >= 4 is 15.9 Å². The van der Waals surface area contributed by atoms with Crippen LogP contribution in [0.5, 0.6) is 0 Å². The van der Waals surface area contributed by atoms with Gasteiger partial charge in [0.2, 0.25) is 0 Å². The molecule has 0 bridgehead atoms. The topological polar surface area (TPSA) is 12.0 Å². The lowest BCUT2D eigenvalue weighted by molar-refractivity contribution is 0.294. The maximum atomic E-state index is 13.0. The third kappa shape index (κ3) is 3.52. The summed E-state index contributed by atoms with van der Waals surface area (Å²) >= 11 is 3.45. The Kier molecular flexibility index (Phi) is 4.57. The van der Waals surface area contributed by atoms with E-state index in [0.717, 1.165) is 16.8 Å². The van der Waals surface area contributed by atoms with Crippen molar-refractivity contribution < 1.29 is 4.39 Å². The molecule has 0 amide bonds. The Morgan fingerprint density at radius 3 is 2.94 bits per heavy atom. The molecule has 1 saturated carbocycles. The van der Waals surface area contributed by atoms with Crippen LogP contribution >= 0.6 is 15.9 Å². The van der Waals surface area contributed by atoms with Crippen LogP contribution in [0.1, 0.15) is 31.2 Å². The van der Waals surface area contributed by atoms with Crippen molar-refractivity contribution in [1.29, 1.82) is 0 Å². The van der Waals surface area contributed by atoms with Crippen LogP contribution in [0.3, 0.4) is 0 Å². The van der Waals surface area contributed by atoms with Crippen LogP contribution in [-0.2, 0) is 6.42 Å². The summed E-state index contributed by atoms with van der Waals surface area (Å²) in [5.41, 5.74) is 1.23. The zero-order valence-electron chi connectivity index (χ0n) is 10.2. The van der Waals surface area contributed by atoms with E-state index in [1.165, 1.54) is 31.2 Å². The van der Waals surface area contributed by atoms with Gasteiger partial charge in [-0.15, -0.1) is 0 Å². The Morgan fingerprint density at radius 2 is 2.24 bits per heavy atom. The van der Waals surface area contributed by atoms with Gasteiger partial charge in [0.25, 0.3) is 0 Å². The molecule has 0 saturated heterocycles. The third-order valence-corrected chi connectivity index (χ3v) is 4.45. The van der Waals surface area contributed by atoms with Crippen LogP contribution in [0.25, 0.3) is 0 Å². The van der Waals surface area contributed by atoms with Crippen molar-refractivity contribution in [1.82, 2.24) is 5.32 Å². The lowest BCUT2D eigenvalue weighted by Gasteiger charge is -2.29. The second-order valence-electron chi connectivity index (χ2n) is 4.96. The molecule has 17 heavy (non-hydrogen) atoms. The van der Waals surface area contributed by atoms with Gasteiger partial charge in [0, 0.05) is 10.5 Å². The molecular formula is C14H19BrFN. The number of hydrogen-bond acceptors (Lipinski definition) is 1. The first kappa shape index (κ1) is 13.0. The number of benzene rings is 1. The number of rotatable bonds is 3. The van der Waals surface area contributed by atoms with E-state index in [9.17, 15) is 4.39 Å². The van der Waals surface area contributed by atoms with Gasteiger partial charge in [-0.25, -0.2) is 4.39 Å². The zero-order chi connectivity index (χ0) is 12.3. The highest BCUT2D eigenvalue weighted by Crippen LogP contribution is 2.29. The van der Waals surface area contributed by atoms with Gasteiger partial charge in [0.15, 0.2) is 0 Å². The average Bonchev–Trinajstić information content (AvgIpc) is 2.33. The predicted molar refractivity (Wildman–Crippen MR) is 72.6 cm³/mol. The first-order valence-electron chi connectivity index (χ1n) is 6.30. The van der Waals surface area contributed by atoms with Crippen LogP contribution in [0, 0.1) is 11.7 Å². The predicted octanol–water partition coefficient (Wildman–Crippen LogP) is 3.91. The first-order chi connectivity index (χ1) is 8.19. The SMILES string of the molecule is CNC1CCCC(Cc2ccc(F)cc2Br)C1. The lowest BCUT2D eigenvalue weighted by atomic mass is 9.82. The zero-order valence-corrected chi connectivity index (χ0v) is 11.8. The normalized spacial score (nSPS) is 24.9. The lowest BCUT2D eigenvalue weighted by Crippen LogP contribution is -2.31. The molecule has 1 aromatic carbocycles. The summed E-state index contributed by atoms with van der Waals surface area (Å²) in [4.78, 5) is 0. The van der Waals surface area contributed by atoms with Crippen molar-refractivity contribution in [2.75, 3.05) is 7.05 Å². The molecule has 0 heterocycles. The molecule has 3 heteroatoms. The molecular weight excluding hydrogens is 281 g/mol. The molecule has 1 N–H and O–H groups in total. The van der Waals surface area contributed by atoms with Crippen LogP contribution < -0.4 is 5.32 Å². The summed E-state index contributed by atoms with van der Waals surface area (Å²) in [6.45, 7) is 0. The largest absolute Gasteiger partial charge is 0.317 e. The summed E-state index contributed by atoms with van der Waals surface area (Å²) in [5, 5.41) is 3.37. The second kappa shape index (κ2) is 5.96. The Morgan fingerprint density at radius 1 is 1.41 bits per heavy atom. The van der Waals surface area contributed by atoms with Crippen molar-refractivity contribution in [2.45, 2.75) is 38.1 Å². The van der Waals surface area contributed by atoms with Gasteiger partial charge >= 0.3 is 0 Å². The second-order valence-corrected chi connectivity index (χ2v) is 5.81. The van der Waals surface area contributed by atoms with Gasteiger partial charge in [-0.3, -0.25) is 0 Å². The minimum Gasteiger partial charge on any atom is -0.317 e. The monoisotopic (exact) mass is 299 g/mol. The third-order valence-electron chi connectivity index (χ3n) is 3.71. The standard InChI is InChI=1S/C14H19BrFN/c1-17-13-4-2-3-10(8-13)7-11-5-6-12(16)9-14(11)15/h5-6,9-10,13,17H,2-4,7-8H2,1H3. The van der Waals surface area contributed by atoms with Gasteiger partial charge in [-0.05, 0) is 49.9 Å². The molecule has 0 spiro atoms. The van der Waals surface area contributed by atoms with Crippen LogP contribution in [-0.4, -0.2) is 13.1 Å². The van der Waals surface area contributed by atoms with E-state index in [-0.39, 0.29) is 5.82 Å². The van der Waals surface area contributed by atoms with Crippen LogP contribution in [0.2, 0.25) is 0 Å². The fourth-order valence-corrected chi connectivity index (χ4v) is 3.25. The molecule has 1 aliphatic rings. The number of nitrogens with one attached hydrogen (secondary N) is 1. The summed E-state index contributed by atoms with van der Waals surface area (Å²) in [6, 6.07) is 5.68. The molecule has 94 valence electrons. The maximum Gasteiger partial charge on any atom is 0.124 e. The quantitative estimate of drug-likeness (QED) is 0.892. The fraction of sp³-hybridized carbons (Fsp3) is 0.571. The molecule has 1 fully saturated rings. The van der Waals surface area contributed by atoms with Crippen molar-refractivity contribution in [3.8, 4) is 0 Å². The molecule has 0 radical (unpaired) electrons. The highest BCUT2D eigenvalue weighted by atomic mass is 79.9. The Hall–Kier alpha value is -0.410. The molecule has 1 aromatic rings. The highest BCUT2D eigenvalue weighted by molar-refractivity contribution is 9.10. The molecule has 2 atom stereocenters. The van der Waals surface area contributed by atoms with Crippen molar-refractivity contribution in [3.05, 3.63) is 34.1 Å². The van der Waals surface area contributed by atoms with Gasteiger partial charge in [-0.1, -0.05) is 34.8 Å². The van der Waals surface area contributed by atoms with Crippen molar-refractivity contribution in [2.24, 2.45) is 5.92 Å². The molecule has 1 nitrogen and oxygen atoms in total. The van der Waals surface area contributed by atoms with E-state index >= 15 is 0 Å². The Bertz CT molecular complexity index is 380. The summed E-state index contributed by atoms with van der Waals surface area (Å²) in [5.74, 6) is 0.556. The smallest absolute Gasteiger partial charge is 0.124 e. The van der Waals surface area contributed by atoms with Gasteiger partial charge in [-0.2, -0.15) is 0 Å². The molecule has 1 aliphatic carbocycles. The molecule has 0 aromatic heterocycles. The minimum atomic E-state index is -0.169. The molecule has 2 unspecified atom stereocenters. The first-order valence-corrected chi connectivity index (χ1v) is 7.09. The van der Waals surface area contributed by atoms with Gasteiger partial charge in [0.1, 0.15) is 5.82 Å². The molecule has 2 rings (SSSR count). The van der Waals surface area contributed by atoms with Gasteiger partial charge in [0.05, 0.1) is 0 Å². The summed E-state index contributed by atoms with van der Waals surface area (Å²) in [7, 11) is 2.04.